The van der Waals surface area contributed by atoms with Crippen molar-refractivity contribution in [2.75, 3.05) is 19.7 Å². The molecule has 0 bridgehead atoms. The SMILES string of the molecule is CCOC(=O)c1ccc2[nH]cc(CCCCN3CCc4c(oc5ccccc45)C3)c2c1. The highest BCUT2D eigenvalue weighted by Gasteiger charge is 2.22. The van der Waals surface area contributed by atoms with Gasteiger partial charge in [-0.2, -0.15) is 0 Å². The van der Waals surface area contributed by atoms with Crippen molar-refractivity contribution < 1.29 is 13.9 Å². The van der Waals surface area contributed by atoms with E-state index in [4.69, 9.17) is 9.15 Å². The number of benzene rings is 2. The van der Waals surface area contributed by atoms with Crippen LogP contribution in [0.15, 0.2) is 53.1 Å². The van der Waals surface area contributed by atoms with Gasteiger partial charge in [-0.15, -0.1) is 0 Å². The number of aromatic nitrogens is 1. The Morgan fingerprint density at radius 1 is 1.16 bits per heavy atom. The summed E-state index contributed by atoms with van der Waals surface area (Å²) in [6, 6.07) is 14.1. The van der Waals surface area contributed by atoms with Crippen LogP contribution in [0.1, 0.15) is 47.0 Å². The van der Waals surface area contributed by atoms with Gasteiger partial charge < -0.3 is 14.1 Å². The number of carbonyl (C=O) groups excluding carboxylic acids is 1. The number of esters is 1. The Bertz CT molecular complexity index is 1220. The summed E-state index contributed by atoms with van der Waals surface area (Å²) in [6.45, 7) is 5.29. The third kappa shape index (κ3) is 3.98. The fourth-order valence-corrected chi connectivity index (χ4v) is 4.67. The standard InChI is InChI=1S/C26H28N2O3/c1-2-30-26(29)18-10-11-23-22(15-18)19(16-27-23)7-5-6-13-28-14-12-21-20-8-3-4-9-24(20)31-25(21)17-28/h3-4,8-11,15-16,27H,2,5-7,12-14,17H2,1H3. The van der Waals surface area contributed by atoms with Crippen LogP contribution in [0.5, 0.6) is 0 Å². The maximum atomic E-state index is 12.1. The first-order valence-corrected chi connectivity index (χ1v) is 11.2. The number of carbonyl (C=O) groups is 1. The van der Waals surface area contributed by atoms with Crippen molar-refractivity contribution in [1.82, 2.24) is 9.88 Å². The third-order valence-corrected chi connectivity index (χ3v) is 6.28. The molecule has 2 aromatic carbocycles. The van der Waals surface area contributed by atoms with Crippen LogP contribution in [0, 0.1) is 0 Å². The summed E-state index contributed by atoms with van der Waals surface area (Å²) in [5.74, 6) is 0.877. The highest BCUT2D eigenvalue weighted by atomic mass is 16.5. The molecule has 3 heterocycles. The van der Waals surface area contributed by atoms with Crippen LogP contribution in [0.2, 0.25) is 0 Å². The van der Waals surface area contributed by atoms with E-state index in [9.17, 15) is 4.79 Å². The molecule has 0 fully saturated rings. The average molecular weight is 417 g/mol. The summed E-state index contributed by atoms with van der Waals surface area (Å²) in [5.41, 5.74) is 5.35. The van der Waals surface area contributed by atoms with Crippen molar-refractivity contribution >= 4 is 27.8 Å². The predicted molar refractivity (Wildman–Crippen MR) is 122 cm³/mol. The smallest absolute Gasteiger partial charge is 0.338 e. The molecule has 160 valence electrons. The molecule has 5 heteroatoms. The molecular formula is C26H28N2O3. The Labute approximate surface area is 182 Å². The fourth-order valence-electron chi connectivity index (χ4n) is 4.67. The number of unbranched alkanes of at least 4 members (excludes halogenated alkanes) is 1. The highest BCUT2D eigenvalue weighted by Crippen LogP contribution is 2.30. The van der Waals surface area contributed by atoms with E-state index in [2.05, 4.69) is 34.3 Å². The van der Waals surface area contributed by atoms with E-state index in [1.807, 2.05) is 31.2 Å². The van der Waals surface area contributed by atoms with Gasteiger partial charge in [0.15, 0.2) is 0 Å². The number of nitrogens with zero attached hydrogens (tertiary/aromatic N) is 1. The fraction of sp³-hybridized carbons (Fsp3) is 0.346. The number of rotatable bonds is 7. The van der Waals surface area contributed by atoms with Gasteiger partial charge in [0.05, 0.1) is 18.7 Å². The Morgan fingerprint density at radius 2 is 2.06 bits per heavy atom. The Morgan fingerprint density at radius 3 is 2.97 bits per heavy atom. The molecule has 1 N–H and O–H groups in total. The van der Waals surface area contributed by atoms with Gasteiger partial charge in [0.2, 0.25) is 0 Å². The first kappa shape index (κ1) is 19.9. The van der Waals surface area contributed by atoms with Crippen molar-refractivity contribution in [2.24, 2.45) is 0 Å². The van der Waals surface area contributed by atoms with Crippen molar-refractivity contribution in [3.8, 4) is 0 Å². The predicted octanol–water partition coefficient (Wildman–Crippen LogP) is 5.47. The van der Waals surface area contributed by atoms with Gasteiger partial charge in [-0.1, -0.05) is 18.2 Å². The van der Waals surface area contributed by atoms with Gasteiger partial charge in [0.1, 0.15) is 11.3 Å². The molecule has 31 heavy (non-hydrogen) atoms. The lowest BCUT2D eigenvalue weighted by atomic mass is 10.0. The number of hydrogen-bond donors (Lipinski definition) is 1. The molecule has 0 saturated carbocycles. The number of H-pyrrole nitrogens is 1. The van der Waals surface area contributed by atoms with Crippen LogP contribution >= 0.6 is 0 Å². The Hall–Kier alpha value is -3.05. The molecule has 0 aliphatic carbocycles. The minimum Gasteiger partial charge on any atom is -0.462 e. The maximum Gasteiger partial charge on any atom is 0.338 e. The minimum atomic E-state index is -0.258. The van der Waals surface area contributed by atoms with Gasteiger partial charge in [0, 0.05) is 34.6 Å². The van der Waals surface area contributed by atoms with Crippen molar-refractivity contribution in [3.63, 3.8) is 0 Å². The maximum absolute atomic E-state index is 12.1. The zero-order chi connectivity index (χ0) is 21.2. The number of hydrogen-bond acceptors (Lipinski definition) is 4. The zero-order valence-corrected chi connectivity index (χ0v) is 17.9. The molecule has 0 unspecified atom stereocenters. The molecule has 5 nitrogen and oxygen atoms in total. The lowest BCUT2D eigenvalue weighted by Crippen LogP contribution is -2.30. The third-order valence-electron chi connectivity index (χ3n) is 6.28. The molecule has 4 aromatic rings. The van der Waals surface area contributed by atoms with E-state index in [1.165, 1.54) is 16.5 Å². The van der Waals surface area contributed by atoms with Gasteiger partial charge in [0.25, 0.3) is 0 Å². The number of aryl methyl sites for hydroxylation is 1. The number of nitrogens with one attached hydrogen (secondary N) is 1. The van der Waals surface area contributed by atoms with Gasteiger partial charge in [-0.25, -0.2) is 4.79 Å². The second kappa shape index (κ2) is 8.60. The van der Waals surface area contributed by atoms with E-state index >= 15 is 0 Å². The number of ether oxygens (including phenoxy) is 1. The molecule has 0 amide bonds. The molecule has 0 radical (unpaired) electrons. The van der Waals surface area contributed by atoms with Gasteiger partial charge in [-0.3, -0.25) is 4.90 Å². The zero-order valence-electron chi connectivity index (χ0n) is 17.9. The molecule has 1 aliphatic rings. The Balaban J connectivity index is 1.18. The van der Waals surface area contributed by atoms with E-state index in [-0.39, 0.29) is 5.97 Å². The number of aromatic amines is 1. The van der Waals surface area contributed by atoms with E-state index in [0.717, 1.165) is 67.6 Å². The molecule has 5 rings (SSSR count). The van der Waals surface area contributed by atoms with Crippen LogP contribution in [0.4, 0.5) is 0 Å². The normalized spacial score (nSPS) is 14.2. The summed E-state index contributed by atoms with van der Waals surface area (Å²) >= 11 is 0. The second-order valence-electron chi connectivity index (χ2n) is 8.28. The van der Waals surface area contributed by atoms with E-state index in [1.54, 1.807) is 0 Å². The van der Waals surface area contributed by atoms with Gasteiger partial charge in [-0.05, 0) is 69.0 Å². The number of furan rings is 1. The summed E-state index contributed by atoms with van der Waals surface area (Å²) in [4.78, 5) is 17.9. The molecule has 0 spiro atoms. The quantitative estimate of drug-likeness (QED) is 0.320. The van der Waals surface area contributed by atoms with Gasteiger partial charge >= 0.3 is 5.97 Å². The van der Waals surface area contributed by atoms with Crippen LogP contribution in [-0.2, 0) is 24.1 Å². The van der Waals surface area contributed by atoms with Crippen molar-refractivity contribution in [2.45, 2.75) is 39.2 Å². The lowest BCUT2D eigenvalue weighted by Gasteiger charge is -2.25. The molecular weight excluding hydrogens is 388 g/mol. The Kier molecular flexibility index (Phi) is 5.51. The summed E-state index contributed by atoms with van der Waals surface area (Å²) in [7, 11) is 0. The van der Waals surface area contributed by atoms with E-state index in [0.29, 0.717) is 12.2 Å². The molecule has 2 aromatic heterocycles. The number of fused-ring (bicyclic) bond motifs is 4. The highest BCUT2D eigenvalue weighted by molar-refractivity contribution is 5.95. The first-order valence-electron chi connectivity index (χ1n) is 11.2. The largest absolute Gasteiger partial charge is 0.462 e. The molecule has 0 atom stereocenters. The summed E-state index contributed by atoms with van der Waals surface area (Å²) in [5, 5.41) is 2.40. The molecule has 0 saturated heterocycles. The summed E-state index contributed by atoms with van der Waals surface area (Å²) in [6.07, 6.45) is 6.38. The van der Waals surface area contributed by atoms with Crippen molar-refractivity contribution in [1.29, 1.82) is 0 Å². The van der Waals surface area contributed by atoms with E-state index < -0.39 is 0 Å². The monoisotopic (exact) mass is 416 g/mol. The minimum absolute atomic E-state index is 0.258. The summed E-state index contributed by atoms with van der Waals surface area (Å²) < 4.78 is 11.2. The van der Waals surface area contributed by atoms with Crippen LogP contribution in [0.25, 0.3) is 21.9 Å². The van der Waals surface area contributed by atoms with Crippen LogP contribution in [0.3, 0.4) is 0 Å². The molecule has 1 aliphatic heterocycles. The van der Waals surface area contributed by atoms with Crippen LogP contribution in [-0.4, -0.2) is 35.5 Å². The first-order chi connectivity index (χ1) is 15.2. The topological polar surface area (TPSA) is 58.5 Å². The lowest BCUT2D eigenvalue weighted by molar-refractivity contribution is 0.0526. The van der Waals surface area contributed by atoms with Crippen molar-refractivity contribution in [3.05, 3.63) is 71.1 Å². The average Bonchev–Trinajstić information content (AvgIpc) is 3.37. The number of para-hydroxylation sites is 1. The van der Waals surface area contributed by atoms with Crippen LogP contribution < -0.4 is 0 Å². The second-order valence-corrected chi connectivity index (χ2v) is 8.28.